The molecule has 0 saturated heterocycles. The summed E-state index contributed by atoms with van der Waals surface area (Å²) in [6.45, 7) is 0. The summed E-state index contributed by atoms with van der Waals surface area (Å²) in [6, 6.07) is 50.3. The number of hydrogen-bond donors (Lipinski definition) is 0. The van der Waals surface area contributed by atoms with Gasteiger partial charge in [0.05, 0.1) is 11.0 Å². The minimum Gasteiger partial charge on any atom is -0.268 e. The Bertz CT molecular complexity index is 2510. The molecule has 0 bridgehead atoms. The maximum Gasteiger partial charge on any atom is 0.264 e. The lowest BCUT2D eigenvalue weighted by Gasteiger charge is -2.19. The molecular weight excluding hydrogens is 524 g/mol. The van der Waals surface area contributed by atoms with E-state index in [2.05, 4.69) is 97.1 Å². The fraction of sp³-hybridized carbons (Fsp3) is 0. The molecule has 0 aliphatic carbocycles. The van der Waals surface area contributed by atoms with Gasteiger partial charge in [-0.25, -0.2) is 4.98 Å². The van der Waals surface area contributed by atoms with Crippen LogP contribution in [0.4, 0.5) is 0 Å². The number of aromatic nitrogens is 2. The molecule has 0 saturated carbocycles. The summed E-state index contributed by atoms with van der Waals surface area (Å²) in [7, 11) is 0. The third kappa shape index (κ3) is 3.36. The van der Waals surface area contributed by atoms with E-state index in [1.165, 1.54) is 38.2 Å². The molecular formula is C40H24N2O. The fourth-order valence-corrected chi connectivity index (χ4v) is 6.97. The van der Waals surface area contributed by atoms with E-state index >= 15 is 0 Å². The van der Waals surface area contributed by atoms with Gasteiger partial charge in [0.25, 0.3) is 5.56 Å². The predicted octanol–water partition coefficient (Wildman–Crippen LogP) is 9.75. The monoisotopic (exact) mass is 548 g/mol. The smallest absolute Gasteiger partial charge is 0.264 e. The van der Waals surface area contributed by atoms with Gasteiger partial charge in [0, 0.05) is 16.3 Å². The van der Waals surface area contributed by atoms with Gasteiger partial charge in [0.15, 0.2) is 0 Å². The summed E-state index contributed by atoms with van der Waals surface area (Å²) in [5.74, 6) is 0.669. The van der Waals surface area contributed by atoms with E-state index in [0.29, 0.717) is 11.2 Å². The molecule has 43 heavy (non-hydrogen) atoms. The second-order valence-corrected chi connectivity index (χ2v) is 11.1. The molecule has 200 valence electrons. The van der Waals surface area contributed by atoms with Crippen LogP contribution in [0.2, 0.25) is 0 Å². The molecule has 7 aromatic carbocycles. The SMILES string of the molecule is O=c1c2ccccc2c2c(-c3c4ccccc4c(-c4ccccc4)c4ccccc34)ccc3nc(-c4ccccc4)n1c32. The average molecular weight is 549 g/mol. The molecule has 0 spiro atoms. The van der Waals surface area contributed by atoms with Crippen LogP contribution >= 0.6 is 0 Å². The van der Waals surface area contributed by atoms with Crippen LogP contribution in [0.1, 0.15) is 0 Å². The van der Waals surface area contributed by atoms with E-state index in [9.17, 15) is 4.79 Å². The number of hydrogen-bond acceptors (Lipinski definition) is 2. The van der Waals surface area contributed by atoms with Gasteiger partial charge in [-0.05, 0) is 61.3 Å². The van der Waals surface area contributed by atoms with E-state index in [1.807, 2.05) is 52.9 Å². The zero-order valence-electron chi connectivity index (χ0n) is 23.2. The Kier molecular flexibility index (Phi) is 5.05. The van der Waals surface area contributed by atoms with Crippen molar-refractivity contribution in [1.82, 2.24) is 9.38 Å². The van der Waals surface area contributed by atoms with Gasteiger partial charge in [-0.2, -0.15) is 0 Å². The molecule has 0 aliphatic rings. The fourth-order valence-electron chi connectivity index (χ4n) is 6.97. The summed E-state index contributed by atoms with van der Waals surface area (Å²) < 4.78 is 1.83. The molecule has 3 heteroatoms. The zero-order valence-corrected chi connectivity index (χ0v) is 23.2. The Balaban J connectivity index is 1.51. The molecule has 0 fully saturated rings. The molecule has 0 aliphatic heterocycles. The molecule has 0 unspecified atom stereocenters. The first-order valence-electron chi connectivity index (χ1n) is 14.5. The normalized spacial score (nSPS) is 11.8. The van der Waals surface area contributed by atoms with Crippen LogP contribution in [0.15, 0.2) is 150 Å². The first-order chi connectivity index (χ1) is 21.3. The second kappa shape index (κ2) is 9.10. The minimum atomic E-state index is -0.0456. The van der Waals surface area contributed by atoms with Gasteiger partial charge in [0.1, 0.15) is 5.82 Å². The van der Waals surface area contributed by atoms with Crippen molar-refractivity contribution < 1.29 is 0 Å². The number of benzene rings is 7. The number of fused-ring (bicyclic) bond motifs is 4. The maximum absolute atomic E-state index is 14.1. The highest BCUT2D eigenvalue weighted by Crippen LogP contribution is 2.46. The molecule has 0 atom stereocenters. The van der Waals surface area contributed by atoms with Crippen LogP contribution < -0.4 is 5.56 Å². The largest absolute Gasteiger partial charge is 0.268 e. The highest BCUT2D eigenvalue weighted by molar-refractivity contribution is 6.27. The van der Waals surface area contributed by atoms with Crippen molar-refractivity contribution in [3.63, 3.8) is 0 Å². The number of rotatable bonds is 3. The molecule has 3 nitrogen and oxygen atoms in total. The first-order valence-corrected chi connectivity index (χ1v) is 14.5. The Morgan fingerprint density at radius 3 is 1.53 bits per heavy atom. The summed E-state index contributed by atoms with van der Waals surface area (Å²) in [5, 5.41) is 7.44. The van der Waals surface area contributed by atoms with Crippen molar-refractivity contribution in [2.45, 2.75) is 0 Å². The topological polar surface area (TPSA) is 34.4 Å². The van der Waals surface area contributed by atoms with E-state index in [1.54, 1.807) is 0 Å². The van der Waals surface area contributed by atoms with Gasteiger partial charge >= 0.3 is 0 Å². The number of pyridine rings is 1. The summed E-state index contributed by atoms with van der Waals surface area (Å²) in [4.78, 5) is 19.2. The minimum absolute atomic E-state index is 0.0456. The molecule has 0 radical (unpaired) electrons. The van der Waals surface area contributed by atoms with Gasteiger partial charge in [-0.15, -0.1) is 0 Å². The Morgan fingerprint density at radius 2 is 0.930 bits per heavy atom. The van der Waals surface area contributed by atoms with Crippen LogP contribution in [0, 0.1) is 0 Å². The van der Waals surface area contributed by atoms with Crippen LogP contribution in [0.3, 0.4) is 0 Å². The number of nitrogens with zero attached hydrogens (tertiary/aromatic N) is 2. The van der Waals surface area contributed by atoms with Gasteiger partial charge in [-0.1, -0.05) is 133 Å². The van der Waals surface area contributed by atoms with E-state index in [-0.39, 0.29) is 5.56 Å². The zero-order chi connectivity index (χ0) is 28.5. The maximum atomic E-state index is 14.1. The van der Waals surface area contributed by atoms with E-state index in [0.717, 1.165) is 32.9 Å². The van der Waals surface area contributed by atoms with Crippen LogP contribution in [-0.2, 0) is 0 Å². The quantitative estimate of drug-likeness (QED) is 0.163. The van der Waals surface area contributed by atoms with Crippen LogP contribution in [-0.4, -0.2) is 9.38 Å². The lowest BCUT2D eigenvalue weighted by molar-refractivity contribution is 1.13. The van der Waals surface area contributed by atoms with Gasteiger partial charge in [-0.3, -0.25) is 9.20 Å². The molecule has 9 aromatic rings. The number of imidazole rings is 1. The Morgan fingerprint density at radius 1 is 0.442 bits per heavy atom. The van der Waals surface area contributed by atoms with Crippen LogP contribution in [0.25, 0.3) is 82.4 Å². The first kappa shape index (κ1) is 23.9. The van der Waals surface area contributed by atoms with Gasteiger partial charge in [0.2, 0.25) is 0 Å². The van der Waals surface area contributed by atoms with Gasteiger partial charge < -0.3 is 0 Å². The molecule has 9 rings (SSSR count). The standard InChI is InChI=1S/C40H24N2O/c43-40-32-22-12-11-21-31(32)37-33(23-24-34-38(37)42(40)39(41-34)26-15-5-2-6-16-26)36-29-19-9-7-17-27(29)35(25-13-3-1-4-14-25)28-18-8-10-20-30(28)36/h1-24H. The summed E-state index contributed by atoms with van der Waals surface area (Å²) in [5.41, 5.74) is 7.24. The predicted molar refractivity (Wildman–Crippen MR) is 179 cm³/mol. The van der Waals surface area contributed by atoms with Crippen molar-refractivity contribution >= 4 is 48.7 Å². The molecule has 0 N–H and O–H groups in total. The highest BCUT2D eigenvalue weighted by Gasteiger charge is 2.23. The lowest BCUT2D eigenvalue weighted by atomic mass is 9.84. The third-order valence-electron chi connectivity index (χ3n) is 8.74. The van der Waals surface area contributed by atoms with Crippen LogP contribution in [0.5, 0.6) is 0 Å². The van der Waals surface area contributed by atoms with Crippen molar-refractivity contribution in [1.29, 1.82) is 0 Å². The summed E-state index contributed by atoms with van der Waals surface area (Å²) >= 11 is 0. The Hall–Kier alpha value is -5.80. The second-order valence-electron chi connectivity index (χ2n) is 11.1. The highest BCUT2D eigenvalue weighted by atomic mass is 16.1. The lowest BCUT2D eigenvalue weighted by Crippen LogP contribution is -2.14. The van der Waals surface area contributed by atoms with Crippen molar-refractivity contribution in [3.05, 3.63) is 156 Å². The van der Waals surface area contributed by atoms with E-state index in [4.69, 9.17) is 4.98 Å². The Labute approximate surface area is 247 Å². The summed E-state index contributed by atoms with van der Waals surface area (Å²) in [6.07, 6.45) is 0. The molecule has 2 heterocycles. The van der Waals surface area contributed by atoms with E-state index < -0.39 is 0 Å². The van der Waals surface area contributed by atoms with Crippen molar-refractivity contribution in [3.8, 4) is 33.6 Å². The molecule has 0 amide bonds. The average Bonchev–Trinajstić information content (AvgIpc) is 3.47. The van der Waals surface area contributed by atoms with Crippen molar-refractivity contribution in [2.24, 2.45) is 0 Å². The molecule has 2 aromatic heterocycles. The third-order valence-corrected chi connectivity index (χ3v) is 8.74. The van der Waals surface area contributed by atoms with Crippen molar-refractivity contribution in [2.75, 3.05) is 0 Å².